The first-order valence-corrected chi connectivity index (χ1v) is 9.37. The van der Waals surface area contributed by atoms with E-state index >= 15 is 0 Å². The number of piperidine rings is 1. The molecular weight excluding hydrogens is 344 g/mol. The minimum Gasteiger partial charge on any atom is -0.375 e. The predicted molar refractivity (Wildman–Crippen MR) is 101 cm³/mol. The van der Waals surface area contributed by atoms with Gasteiger partial charge in [-0.05, 0) is 19.8 Å². The van der Waals surface area contributed by atoms with Gasteiger partial charge in [-0.25, -0.2) is 9.97 Å². The highest BCUT2D eigenvalue weighted by Gasteiger charge is 2.29. The van der Waals surface area contributed by atoms with E-state index in [4.69, 9.17) is 14.2 Å². The topological polar surface area (TPSA) is 81.4 Å². The Bertz CT molecular complexity index is 802. The van der Waals surface area contributed by atoms with Gasteiger partial charge in [0.15, 0.2) is 5.76 Å². The second kappa shape index (κ2) is 7.76. The van der Waals surface area contributed by atoms with Gasteiger partial charge >= 0.3 is 0 Å². The van der Waals surface area contributed by atoms with E-state index in [0.717, 1.165) is 35.6 Å². The van der Waals surface area contributed by atoms with Crippen LogP contribution in [-0.4, -0.2) is 52.7 Å². The number of methoxy groups -OCH3 is 1. The normalized spacial score (nSPS) is 16.0. The van der Waals surface area contributed by atoms with Crippen LogP contribution in [0.25, 0.3) is 11.3 Å². The van der Waals surface area contributed by atoms with E-state index in [1.165, 1.54) is 0 Å². The maximum Gasteiger partial charge on any atom is 0.248 e. The van der Waals surface area contributed by atoms with Gasteiger partial charge in [0.25, 0.3) is 0 Å². The molecule has 0 bridgehead atoms. The van der Waals surface area contributed by atoms with E-state index in [1.54, 1.807) is 7.11 Å². The zero-order valence-electron chi connectivity index (χ0n) is 16.8. The number of likely N-dealkylation sites (tertiary alicyclic amines) is 1. The summed E-state index contributed by atoms with van der Waals surface area (Å²) in [5.41, 5.74) is 2.57. The molecule has 1 amide bonds. The predicted octanol–water partition coefficient (Wildman–Crippen LogP) is 3.09. The molecule has 7 nitrogen and oxygen atoms in total. The molecule has 1 aliphatic rings. The summed E-state index contributed by atoms with van der Waals surface area (Å²) < 4.78 is 10.5. The molecule has 1 saturated heterocycles. The van der Waals surface area contributed by atoms with Crippen LogP contribution in [0.3, 0.4) is 0 Å². The molecule has 1 aliphatic heterocycles. The van der Waals surface area contributed by atoms with Crippen LogP contribution in [0.4, 0.5) is 0 Å². The molecule has 0 spiro atoms. The van der Waals surface area contributed by atoms with Crippen LogP contribution in [0.2, 0.25) is 0 Å². The second-order valence-corrected chi connectivity index (χ2v) is 8.16. The largest absolute Gasteiger partial charge is 0.375 e. The maximum absolute atomic E-state index is 12.1. The van der Waals surface area contributed by atoms with E-state index in [-0.39, 0.29) is 23.8 Å². The van der Waals surface area contributed by atoms with E-state index in [0.29, 0.717) is 18.8 Å². The third-order valence-electron chi connectivity index (χ3n) is 4.88. The highest BCUT2D eigenvalue weighted by atomic mass is 16.5. The number of aromatic nitrogens is 3. The van der Waals surface area contributed by atoms with Crippen LogP contribution in [-0.2, 0) is 14.9 Å². The number of ether oxygens (including phenoxy) is 1. The molecule has 7 heteroatoms. The van der Waals surface area contributed by atoms with Crippen molar-refractivity contribution >= 4 is 5.91 Å². The molecule has 0 unspecified atom stereocenters. The van der Waals surface area contributed by atoms with Crippen molar-refractivity contribution in [3.8, 4) is 11.3 Å². The van der Waals surface area contributed by atoms with E-state index in [2.05, 4.69) is 30.9 Å². The number of rotatable bonds is 4. The maximum atomic E-state index is 12.1. The quantitative estimate of drug-likeness (QED) is 0.820. The number of hydrogen-bond acceptors (Lipinski definition) is 6. The Balaban J connectivity index is 1.90. The van der Waals surface area contributed by atoms with Gasteiger partial charge in [0.05, 0.1) is 17.0 Å². The number of nitrogens with zero attached hydrogens (tertiary/aromatic N) is 4. The first kappa shape index (κ1) is 19.5. The van der Waals surface area contributed by atoms with Crippen molar-refractivity contribution < 1.29 is 14.1 Å². The van der Waals surface area contributed by atoms with Gasteiger partial charge in [-0.15, -0.1) is 0 Å². The van der Waals surface area contributed by atoms with Gasteiger partial charge in [0.1, 0.15) is 12.4 Å². The number of aryl methyl sites for hydroxylation is 1. The summed E-state index contributed by atoms with van der Waals surface area (Å²) in [7, 11) is 1.55. The van der Waals surface area contributed by atoms with Gasteiger partial charge in [0.2, 0.25) is 5.91 Å². The SMILES string of the molecule is COCC(=O)N1CCC(c2nc(C(C)(C)C)ncc2-c2cc(C)no2)CC1. The van der Waals surface area contributed by atoms with Gasteiger partial charge in [-0.1, -0.05) is 25.9 Å². The number of amides is 1. The van der Waals surface area contributed by atoms with Gasteiger partial charge < -0.3 is 14.2 Å². The number of carbonyl (C=O) groups is 1. The van der Waals surface area contributed by atoms with E-state index in [1.807, 2.05) is 24.1 Å². The third kappa shape index (κ3) is 4.35. The van der Waals surface area contributed by atoms with Crippen molar-refractivity contribution in [2.75, 3.05) is 26.8 Å². The van der Waals surface area contributed by atoms with Crippen molar-refractivity contribution in [3.63, 3.8) is 0 Å². The molecule has 0 atom stereocenters. The lowest BCUT2D eigenvalue weighted by atomic mass is 9.89. The highest BCUT2D eigenvalue weighted by Crippen LogP contribution is 2.35. The Morgan fingerprint density at radius 3 is 2.59 bits per heavy atom. The van der Waals surface area contributed by atoms with Gasteiger partial charge in [-0.2, -0.15) is 0 Å². The standard InChI is InChI=1S/C20H28N4O3/c1-13-10-16(27-23-13)15-11-21-19(20(2,3)4)22-18(15)14-6-8-24(9-7-14)17(25)12-26-5/h10-11,14H,6-9,12H2,1-5H3. The molecular formula is C20H28N4O3. The average molecular weight is 372 g/mol. The van der Waals surface area contributed by atoms with Crippen LogP contribution in [0, 0.1) is 6.92 Å². The molecule has 0 radical (unpaired) electrons. The minimum atomic E-state index is -0.139. The lowest BCUT2D eigenvalue weighted by Crippen LogP contribution is -2.40. The Morgan fingerprint density at radius 2 is 2.04 bits per heavy atom. The van der Waals surface area contributed by atoms with Crippen LogP contribution in [0.1, 0.15) is 56.7 Å². The molecule has 1 fully saturated rings. The van der Waals surface area contributed by atoms with Gasteiger partial charge in [-0.3, -0.25) is 4.79 Å². The van der Waals surface area contributed by atoms with Crippen molar-refractivity contribution in [1.82, 2.24) is 20.0 Å². The zero-order chi connectivity index (χ0) is 19.6. The fourth-order valence-electron chi connectivity index (χ4n) is 3.37. The first-order valence-electron chi connectivity index (χ1n) is 9.37. The molecule has 27 heavy (non-hydrogen) atoms. The summed E-state index contributed by atoms with van der Waals surface area (Å²) in [5.74, 6) is 1.80. The fraction of sp³-hybridized carbons (Fsp3) is 0.600. The first-order chi connectivity index (χ1) is 12.8. The molecule has 0 saturated carbocycles. The Morgan fingerprint density at radius 1 is 1.33 bits per heavy atom. The van der Waals surface area contributed by atoms with Crippen molar-refractivity contribution in [2.24, 2.45) is 0 Å². The molecule has 3 heterocycles. The van der Waals surface area contributed by atoms with Crippen LogP contribution < -0.4 is 0 Å². The van der Waals surface area contributed by atoms with E-state index in [9.17, 15) is 4.79 Å². The van der Waals surface area contributed by atoms with Crippen LogP contribution >= 0.6 is 0 Å². The summed E-state index contributed by atoms with van der Waals surface area (Å²) in [6.07, 6.45) is 3.57. The lowest BCUT2D eigenvalue weighted by Gasteiger charge is -2.32. The molecule has 0 N–H and O–H groups in total. The summed E-state index contributed by atoms with van der Waals surface area (Å²) in [4.78, 5) is 23.4. The zero-order valence-corrected chi connectivity index (χ0v) is 16.8. The van der Waals surface area contributed by atoms with E-state index < -0.39 is 0 Å². The van der Waals surface area contributed by atoms with Crippen LogP contribution in [0.5, 0.6) is 0 Å². The summed E-state index contributed by atoms with van der Waals surface area (Å²) in [6, 6.07) is 1.91. The average Bonchev–Trinajstić information content (AvgIpc) is 3.07. The molecule has 0 aliphatic carbocycles. The fourth-order valence-corrected chi connectivity index (χ4v) is 3.37. The van der Waals surface area contributed by atoms with Crippen molar-refractivity contribution in [2.45, 2.75) is 51.9 Å². The van der Waals surface area contributed by atoms with Crippen molar-refractivity contribution in [3.05, 3.63) is 29.5 Å². The number of carbonyl (C=O) groups excluding carboxylic acids is 1. The molecule has 2 aromatic heterocycles. The highest BCUT2D eigenvalue weighted by molar-refractivity contribution is 5.77. The summed E-state index contributed by atoms with van der Waals surface area (Å²) in [6.45, 7) is 9.77. The second-order valence-electron chi connectivity index (χ2n) is 8.16. The smallest absolute Gasteiger partial charge is 0.248 e. The molecule has 3 rings (SSSR count). The summed E-state index contributed by atoms with van der Waals surface area (Å²) >= 11 is 0. The Labute approximate surface area is 160 Å². The lowest BCUT2D eigenvalue weighted by molar-refractivity contribution is -0.136. The van der Waals surface area contributed by atoms with Gasteiger partial charge in [0, 0.05) is 43.8 Å². The molecule has 2 aromatic rings. The summed E-state index contributed by atoms with van der Waals surface area (Å²) in [5, 5.41) is 4.01. The minimum absolute atomic E-state index is 0.0418. The monoisotopic (exact) mass is 372 g/mol. The third-order valence-corrected chi connectivity index (χ3v) is 4.88. The molecule has 0 aromatic carbocycles. The Kier molecular flexibility index (Phi) is 5.60. The van der Waals surface area contributed by atoms with Crippen molar-refractivity contribution in [1.29, 1.82) is 0 Å². The number of hydrogen-bond donors (Lipinski definition) is 0. The Hall–Kier alpha value is -2.28. The van der Waals surface area contributed by atoms with Crippen LogP contribution in [0.15, 0.2) is 16.8 Å². The molecule has 146 valence electrons.